The van der Waals surface area contributed by atoms with Crippen LogP contribution in [0.15, 0.2) is 61.1 Å². The van der Waals surface area contributed by atoms with Gasteiger partial charge < -0.3 is 24.8 Å². The van der Waals surface area contributed by atoms with Gasteiger partial charge in [0.25, 0.3) is 0 Å². The number of rotatable bonds is 7. The predicted molar refractivity (Wildman–Crippen MR) is 133 cm³/mol. The van der Waals surface area contributed by atoms with Crippen LogP contribution in [0.5, 0.6) is 5.75 Å². The fourth-order valence-electron chi connectivity index (χ4n) is 4.08. The van der Waals surface area contributed by atoms with Gasteiger partial charge in [-0.1, -0.05) is 18.2 Å². The van der Waals surface area contributed by atoms with Gasteiger partial charge in [0.1, 0.15) is 5.69 Å². The summed E-state index contributed by atoms with van der Waals surface area (Å²) in [4.78, 5) is 15.8. The maximum Gasteiger partial charge on any atom is 0.228 e. The summed E-state index contributed by atoms with van der Waals surface area (Å²) in [5.74, 6) is 1.52. The second kappa shape index (κ2) is 10.1. The van der Waals surface area contributed by atoms with Gasteiger partial charge in [-0.2, -0.15) is 10.1 Å². The van der Waals surface area contributed by atoms with Crippen molar-refractivity contribution in [1.82, 2.24) is 24.7 Å². The van der Waals surface area contributed by atoms with Gasteiger partial charge in [-0.25, -0.2) is 4.98 Å². The number of aliphatic hydroxyl groups is 1. The van der Waals surface area contributed by atoms with E-state index < -0.39 is 0 Å². The SMILES string of the molecule is COc1c(Nc2ccncc2)nc(N2CCOCC2CO)nc1-c1cccc(-c2ccn(C)n2)c1. The van der Waals surface area contributed by atoms with Crippen LogP contribution in [0.4, 0.5) is 17.5 Å². The van der Waals surface area contributed by atoms with Crippen molar-refractivity contribution in [2.75, 3.05) is 43.7 Å². The Kier molecular flexibility index (Phi) is 6.55. The Morgan fingerprint density at radius 1 is 1.14 bits per heavy atom. The van der Waals surface area contributed by atoms with E-state index in [-0.39, 0.29) is 12.6 Å². The molecule has 5 rings (SSSR count). The number of benzene rings is 1. The molecular formula is C25H27N7O3. The molecule has 10 nitrogen and oxygen atoms in total. The second-order valence-corrected chi connectivity index (χ2v) is 8.18. The van der Waals surface area contributed by atoms with Gasteiger partial charge in [0.05, 0.1) is 38.7 Å². The molecule has 0 spiro atoms. The third kappa shape index (κ3) is 4.79. The predicted octanol–water partition coefficient (Wildman–Crippen LogP) is 2.89. The van der Waals surface area contributed by atoms with Gasteiger partial charge in [-0.3, -0.25) is 9.67 Å². The molecule has 2 N–H and O–H groups in total. The minimum absolute atomic E-state index is 0.0625. The molecule has 1 aliphatic heterocycles. The summed E-state index contributed by atoms with van der Waals surface area (Å²) in [7, 11) is 3.50. The number of aryl methyl sites for hydroxylation is 1. The van der Waals surface area contributed by atoms with Crippen molar-refractivity contribution >= 4 is 17.5 Å². The topological polar surface area (TPSA) is 110 Å². The van der Waals surface area contributed by atoms with Crippen LogP contribution in [0, 0.1) is 0 Å². The van der Waals surface area contributed by atoms with E-state index in [9.17, 15) is 5.11 Å². The average molecular weight is 474 g/mol. The Bertz CT molecular complexity index is 1300. The van der Waals surface area contributed by atoms with Crippen molar-refractivity contribution in [1.29, 1.82) is 0 Å². The monoisotopic (exact) mass is 473 g/mol. The Morgan fingerprint density at radius 2 is 1.97 bits per heavy atom. The molecule has 4 aromatic rings. The van der Waals surface area contributed by atoms with E-state index in [0.717, 1.165) is 22.5 Å². The van der Waals surface area contributed by atoms with Crippen LogP contribution in [-0.4, -0.2) is 69.4 Å². The highest BCUT2D eigenvalue weighted by Gasteiger charge is 2.27. The highest BCUT2D eigenvalue weighted by molar-refractivity contribution is 5.79. The first-order chi connectivity index (χ1) is 17.2. The van der Waals surface area contributed by atoms with E-state index in [4.69, 9.17) is 19.4 Å². The van der Waals surface area contributed by atoms with Gasteiger partial charge in [0.2, 0.25) is 5.95 Å². The summed E-state index contributed by atoms with van der Waals surface area (Å²) >= 11 is 0. The molecule has 180 valence electrons. The first-order valence-electron chi connectivity index (χ1n) is 11.3. The first-order valence-corrected chi connectivity index (χ1v) is 11.3. The second-order valence-electron chi connectivity index (χ2n) is 8.18. The van der Waals surface area contributed by atoms with E-state index in [1.807, 2.05) is 60.6 Å². The molecule has 1 fully saturated rings. The van der Waals surface area contributed by atoms with Crippen LogP contribution in [0.2, 0.25) is 0 Å². The molecule has 0 aliphatic carbocycles. The molecule has 0 radical (unpaired) electrons. The van der Waals surface area contributed by atoms with Crippen molar-refractivity contribution in [2.24, 2.45) is 7.05 Å². The lowest BCUT2D eigenvalue weighted by molar-refractivity contribution is 0.0718. The minimum atomic E-state index is -0.237. The summed E-state index contributed by atoms with van der Waals surface area (Å²) in [5.41, 5.74) is 4.15. The van der Waals surface area contributed by atoms with E-state index in [2.05, 4.69) is 15.4 Å². The number of methoxy groups -OCH3 is 1. The third-order valence-corrected chi connectivity index (χ3v) is 5.84. The number of aliphatic hydroxyl groups excluding tert-OH is 1. The molecule has 4 heterocycles. The summed E-state index contributed by atoms with van der Waals surface area (Å²) in [5, 5.41) is 17.8. The van der Waals surface area contributed by atoms with Crippen LogP contribution >= 0.6 is 0 Å². The smallest absolute Gasteiger partial charge is 0.228 e. The lowest BCUT2D eigenvalue weighted by Gasteiger charge is -2.35. The highest BCUT2D eigenvalue weighted by Crippen LogP contribution is 2.38. The van der Waals surface area contributed by atoms with Crippen molar-refractivity contribution in [3.8, 4) is 28.3 Å². The summed E-state index contributed by atoms with van der Waals surface area (Å²) in [6.07, 6.45) is 5.32. The fraction of sp³-hybridized carbons (Fsp3) is 0.280. The van der Waals surface area contributed by atoms with Crippen LogP contribution < -0.4 is 15.0 Å². The third-order valence-electron chi connectivity index (χ3n) is 5.84. The number of nitrogens with one attached hydrogen (secondary N) is 1. The Morgan fingerprint density at radius 3 is 2.71 bits per heavy atom. The zero-order chi connectivity index (χ0) is 24.2. The number of ether oxygens (including phenoxy) is 2. The number of nitrogens with zero attached hydrogens (tertiary/aromatic N) is 6. The maximum absolute atomic E-state index is 9.95. The number of aromatic nitrogens is 5. The number of pyridine rings is 1. The molecule has 35 heavy (non-hydrogen) atoms. The van der Waals surface area contributed by atoms with Crippen LogP contribution in [-0.2, 0) is 11.8 Å². The molecule has 1 aliphatic rings. The van der Waals surface area contributed by atoms with Gasteiger partial charge in [0.15, 0.2) is 11.6 Å². The van der Waals surface area contributed by atoms with Gasteiger partial charge in [-0.15, -0.1) is 0 Å². The number of morpholine rings is 1. The largest absolute Gasteiger partial charge is 0.491 e. The zero-order valence-corrected chi connectivity index (χ0v) is 19.6. The highest BCUT2D eigenvalue weighted by atomic mass is 16.5. The van der Waals surface area contributed by atoms with Gasteiger partial charge >= 0.3 is 0 Å². The molecule has 10 heteroatoms. The number of anilines is 3. The minimum Gasteiger partial charge on any atom is -0.491 e. The average Bonchev–Trinajstić information content (AvgIpc) is 3.35. The molecular weight excluding hydrogens is 446 g/mol. The van der Waals surface area contributed by atoms with E-state index in [1.54, 1.807) is 24.2 Å². The lowest BCUT2D eigenvalue weighted by atomic mass is 10.0. The summed E-state index contributed by atoms with van der Waals surface area (Å²) in [6, 6.07) is 13.5. The molecule has 1 saturated heterocycles. The molecule has 1 atom stereocenters. The standard InChI is InChI=1S/C25H27N7O3/c1-31-11-8-21(30-31)17-4-3-5-18(14-17)22-23(34-2)24(27-19-6-9-26-10-7-19)29-25(28-22)32-12-13-35-16-20(32)15-33/h3-11,14,20,33H,12-13,15-16H2,1-2H3,(H,26,27,28,29). The molecule has 3 aromatic heterocycles. The van der Waals surface area contributed by atoms with Gasteiger partial charge in [0, 0.05) is 49.0 Å². The van der Waals surface area contributed by atoms with Crippen molar-refractivity contribution in [3.05, 3.63) is 61.1 Å². The maximum atomic E-state index is 9.95. The van der Waals surface area contributed by atoms with Crippen LogP contribution in [0.3, 0.4) is 0 Å². The van der Waals surface area contributed by atoms with E-state index in [1.165, 1.54) is 0 Å². The van der Waals surface area contributed by atoms with Crippen LogP contribution in [0.1, 0.15) is 0 Å². The van der Waals surface area contributed by atoms with Crippen molar-refractivity contribution in [3.63, 3.8) is 0 Å². The first kappa shape index (κ1) is 22.8. The Balaban J connectivity index is 1.65. The molecule has 1 unspecified atom stereocenters. The quantitative estimate of drug-likeness (QED) is 0.419. The van der Waals surface area contributed by atoms with Crippen molar-refractivity contribution in [2.45, 2.75) is 6.04 Å². The summed E-state index contributed by atoms with van der Waals surface area (Å²) < 4.78 is 13.2. The number of hydrogen-bond donors (Lipinski definition) is 2. The van der Waals surface area contributed by atoms with Gasteiger partial charge in [-0.05, 0) is 24.3 Å². The van der Waals surface area contributed by atoms with E-state index >= 15 is 0 Å². The summed E-state index contributed by atoms with van der Waals surface area (Å²) in [6.45, 7) is 1.44. The molecule has 1 aromatic carbocycles. The zero-order valence-electron chi connectivity index (χ0n) is 19.6. The van der Waals surface area contributed by atoms with Crippen molar-refractivity contribution < 1.29 is 14.6 Å². The Hall–Kier alpha value is -4.02. The van der Waals surface area contributed by atoms with Crippen LogP contribution in [0.25, 0.3) is 22.5 Å². The lowest BCUT2D eigenvalue weighted by Crippen LogP contribution is -2.48. The Labute approximate surface area is 203 Å². The molecule has 0 bridgehead atoms. The normalized spacial score (nSPS) is 15.7. The fourth-order valence-corrected chi connectivity index (χ4v) is 4.08. The van der Waals surface area contributed by atoms with E-state index in [0.29, 0.717) is 43.0 Å². The molecule has 0 amide bonds. The molecule has 0 saturated carbocycles. The number of hydrogen-bond acceptors (Lipinski definition) is 9.